The summed E-state index contributed by atoms with van der Waals surface area (Å²) in [5.41, 5.74) is 2.78. The van der Waals surface area contributed by atoms with Gasteiger partial charge in [-0.15, -0.1) is 0 Å². The van der Waals surface area contributed by atoms with Gasteiger partial charge in [-0.2, -0.15) is 0 Å². The molecule has 1 aromatic carbocycles. The third-order valence-electron chi connectivity index (χ3n) is 3.58. The van der Waals surface area contributed by atoms with E-state index in [0.29, 0.717) is 0 Å². The number of anilines is 2. The Bertz CT molecular complexity index is 520. The lowest BCUT2D eigenvalue weighted by Gasteiger charge is -2.29. The van der Waals surface area contributed by atoms with Gasteiger partial charge >= 0.3 is 0 Å². The SMILES string of the molecule is Cc1cc(N2CCOCC2)ccc1NC(=O)CCOCC(F)F. The summed E-state index contributed by atoms with van der Waals surface area (Å²) in [6, 6.07) is 5.84. The van der Waals surface area contributed by atoms with Gasteiger partial charge in [0.25, 0.3) is 6.43 Å². The number of halogens is 2. The minimum Gasteiger partial charge on any atom is -0.378 e. The second-order valence-corrected chi connectivity index (χ2v) is 5.36. The van der Waals surface area contributed by atoms with Crippen LogP contribution < -0.4 is 10.2 Å². The highest BCUT2D eigenvalue weighted by molar-refractivity contribution is 5.91. The second kappa shape index (κ2) is 8.79. The van der Waals surface area contributed by atoms with Crippen molar-refractivity contribution in [3.8, 4) is 0 Å². The number of benzene rings is 1. The summed E-state index contributed by atoms with van der Waals surface area (Å²) in [6.45, 7) is 4.42. The smallest absolute Gasteiger partial charge is 0.261 e. The van der Waals surface area contributed by atoms with Crippen LogP contribution in [0.3, 0.4) is 0 Å². The first-order chi connectivity index (χ1) is 11.1. The molecule has 0 unspecified atom stereocenters. The molecule has 1 aliphatic rings. The molecule has 0 radical (unpaired) electrons. The Balaban J connectivity index is 1.84. The Morgan fingerprint density at radius 1 is 1.39 bits per heavy atom. The average molecular weight is 328 g/mol. The molecule has 0 spiro atoms. The topological polar surface area (TPSA) is 50.8 Å². The minimum absolute atomic E-state index is 0.0128. The zero-order chi connectivity index (χ0) is 16.7. The molecule has 1 N–H and O–H groups in total. The highest BCUT2D eigenvalue weighted by atomic mass is 19.3. The van der Waals surface area contributed by atoms with Crippen molar-refractivity contribution in [3.05, 3.63) is 23.8 Å². The van der Waals surface area contributed by atoms with Crippen LogP contribution in [0.15, 0.2) is 18.2 Å². The van der Waals surface area contributed by atoms with Gasteiger partial charge in [-0.25, -0.2) is 8.78 Å². The van der Waals surface area contributed by atoms with Crippen molar-refractivity contribution in [2.75, 3.05) is 49.7 Å². The van der Waals surface area contributed by atoms with Crippen LogP contribution in [-0.2, 0) is 14.3 Å². The first kappa shape index (κ1) is 17.6. The molecule has 0 aromatic heterocycles. The molecule has 1 aliphatic heterocycles. The van der Waals surface area contributed by atoms with Gasteiger partial charge in [0.05, 0.1) is 26.2 Å². The van der Waals surface area contributed by atoms with E-state index in [9.17, 15) is 13.6 Å². The number of hydrogen-bond donors (Lipinski definition) is 1. The molecule has 7 heteroatoms. The monoisotopic (exact) mass is 328 g/mol. The number of hydrogen-bond acceptors (Lipinski definition) is 4. The van der Waals surface area contributed by atoms with Gasteiger partial charge in [-0.3, -0.25) is 4.79 Å². The molecule has 1 amide bonds. The number of nitrogens with one attached hydrogen (secondary N) is 1. The molecule has 1 fully saturated rings. The largest absolute Gasteiger partial charge is 0.378 e. The predicted octanol–water partition coefficient (Wildman–Crippen LogP) is 2.44. The molecule has 0 atom stereocenters. The predicted molar refractivity (Wildman–Crippen MR) is 84.3 cm³/mol. The highest BCUT2D eigenvalue weighted by Crippen LogP contribution is 2.23. The Hall–Kier alpha value is -1.73. The summed E-state index contributed by atoms with van der Waals surface area (Å²) in [4.78, 5) is 14.0. The van der Waals surface area contributed by atoms with E-state index in [-0.39, 0.29) is 18.9 Å². The van der Waals surface area contributed by atoms with Gasteiger partial charge in [0.2, 0.25) is 5.91 Å². The van der Waals surface area contributed by atoms with Crippen LogP contribution in [0.25, 0.3) is 0 Å². The van der Waals surface area contributed by atoms with E-state index in [1.165, 1.54) is 0 Å². The molecule has 0 bridgehead atoms. The fourth-order valence-corrected chi connectivity index (χ4v) is 2.36. The van der Waals surface area contributed by atoms with Crippen molar-refractivity contribution in [1.29, 1.82) is 0 Å². The maximum Gasteiger partial charge on any atom is 0.261 e. The maximum atomic E-state index is 11.9. The summed E-state index contributed by atoms with van der Waals surface area (Å²) >= 11 is 0. The number of carbonyl (C=O) groups excluding carboxylic acids is 1. The fourth-order valence-electron chi connectivity index (χ4n) is 2.36. The zero-order valence-corrected chi connectivity index (χ0v) is 13.2. The van der Waals surface area contributed by atoms with Gasteiger partial charge in [0.15, 0.2) is 0 Å². The number of rotatable bonds is 7. The first-order valence-electron chi connectivity index (χ1n) is 7.65. The summed E-state index contributed by atoms with van der Waals surface area (Å²) in [5.74, 6) is -0.249. The Kier molecular flexibility index (Phi) is 6.73. The van der Waals surface area contributed by atoms with Crippen LogP contribution in [0, 0.1) is 6.92 Å². The molecule has 128 valence electrons. The van der Waals surface area contributed by atoms with Crippen molar-refractivity contribution in [2.24, 2.45) is 0 Å². The van der Waals surface area contributed by atoms with E-state index >= 15 is 0 Å². The third kappa shape index (κ3) is 5.76. The Morgan fingerprint density at radius 2 is 2.13 bits per heavy atom. The lowest BCUT2D eigenvalue weighted by Crippen LogP contribution is -2.36. The van der Waals surface area contributed by atoms with E-state index in [1.807, 2.05) is 25.1 Å². The fraction of sp³-hybridized carbons (Fsp3) is 0.562. The molecule has 2 rings (SSSR count). The van der Waals surface area contributed by atoms with Gasteiger partial charge in [0.1, 0.15) is 6.61 Å². The first-order valence-corrected chi connectivity index (χ1v) is 7.65. The Morgan fingerprint density at radius 3 is 2.78 bits per heavy atom. The molecule has 1 heterocycles. The van der Waals surface area contributed by atoms with Gasteiger partial charge in [-0.05, 0) is 30.7 Å². The van der Waals surface area contributed by atoms with Gasteiger partial charge in [-0.1, -0.05) is 0 Å². The number of ether oxygens (including phenoxy) is 2. The van der Waals surface area contributed by atoms with Crippen LogP contribution in [-0.4, -0.2) is 51.8 Å². The van der Waals surface area contributed by atoms with E-state index in [2.05, 4.69) is 10.2 Å². The molecular weight excluding hydrogens is 306 g/mol. The third-order valence-corrected chi connectivity index (χ3v) is 3.58. The molecule has 5 nitrogen and oxygen atoms in total. The van der Waals surface area contributed by atoms with E-state index in [0.717, 1.165) is 43.2 Å². The van der Waals surface area contributed by atoms with Crippen molar-refractivity contribution in [1.82, 2.24) is 0 Å². The quantitative estimate of drug-likeness (QED) is 0.781. The standard InChI is InChI=1S/C16H22F2N2O3/c1-12-10-13(20-5-8-22-9-6-20)2-3-14(12)19-16(21)4-7-23-11-15(17)18/h2-3,10,15H,4-9,11H2,1H3,(H,19,21). The van der Waals surface area contributed by atoms with Crippen molar-refractivity contribution < 1.29 is 23.0 Å². The van der Waals surface area contributed by atoms with Gasteiger partial charge < -0.3 is 19.7 Å². The molecule has 0 saturated carbocycles. The van der Waals surface area contributed by atoms with E-state index in [1.54, 1.807) is 0 Å². The van der Waals surface area contributed by atoms with Crippen LogP contribution in [0.2, 0.25) is 0 Å². The number of carbonyl (C=O) groups is 1. The summed E-state index contributed by atoms with van der Waals surface area (Å²) in [7, 11) is 0. The summed E-state index contributed by atoms with van der Waals surface area (Å²) in [5, 5.41) is 2.78. The maximum absolute atomic E-state index is 11.9. The number of nitrogens with zero attached hydrogens (tertiary/aromatic N) is 1. The second-order valence-electron chi connectivity index (χ2n) is 5.36. The van der Waals surface area contributed by atoms with Gasteiger partial charge in [0, 0.05) is 24.5 Å². The minimum atomic E-state index is -2.51. The van der Waals surface area contributed by atoms with Crippen LogP contribution in [0.5, 0.6) is 0 Å². The summed E-state index contributed by atoms with van der Waals surface area (Å²) < 4.78 is 33.9. The lowest BCUT2D eigenvalue weighted by molar-refractivity contribution is -0.117. The van der Waals surface area contributed by atoms with Crippen LogP contribution in [0.4, 0.5) is 20.2 Å². The molecule has 1 saturated heterocycles. The lowest BCUT2D eigenvalue weighted by atomic mass is 10.1. The highest BCUT2D eigenvalue weighted by Gasteiger charge is 2.13. The summed E-state index contributed by atoms with van der Waals surface area (Å²) in [6.07, 6.45) is -2.45. The number of morpholine rings is 1. The van der Waals surface area contributed by atoms with Crippen molar-refractivity contribution >= 4 is 17.3 Å². The number of amides is 1. The van der Waals surface area contributed by atoms with Crippen molar-refractivity contribution in [2.45, 2.75) is 19.8 Å². The number of aryl methyl sites for hydroxylation is 1. The molecule has 0 aliphatic carbocycles. The zero-order valence-electron chi connectivity index (χ0n) is 13.2. The Labute approximate surface area is 134 Å². The normalized spacial score (nSPS) is 15.0. The molecular formula is C16H22F2N2O3. The average Bonchev–Trinajstić information content (AvgIpc) is 2.54. The number of alkyl halides is 2. The van der Waals surface area contributed by atoms with Crippen molar-refractivity contribution in [3.63, 3.8) is 0 Å². The van der Waals surface area contributed by atoms with E-state index in [4.69, 9.17) is 9.47 Å². The molecule has 1 aromatic rings. The van der Waals surface area contributed by atoms with Crippen LogP contribution >= 0.6 is 0 Å². The van der Waals surface area contributed by atoms with Crippen LogP contribution in [0.1, 0.15) is 12.0 Å². The van der Waals surface area contributed by atoms with E-state index < -0.39 is 13.0 Å². The molecule has 23 heavy (non-hydrogen) atoms.